The smallest absolute Gasteiger partial charge is 0.309 e. The fourth-order valence-electron chi connectivity index (χ4n) is 1.41. The van der Waals surface area contributed by atoms with Gasteiger partial charge >= 0.3 is 5.97 Å². The van der Waals surface area contributed by atoms with Gasteiger partial charge in [0.15, 0.2) is 0 Å². The molecule has 0 aromatic carbocycles. The standard InChI is InChI=1S/C10H18O3/c1-4-6-8(9(11)12)10(3,13)7-5-2/h5,7-8,13H,4,6H2,1-3H3,(H,11,12)/b7-5+. The zero-order chi connectivity index (χ0) is 10.5. The van der Waals surface area contributed by atoms with E-state index >= 15 is 0 Å². The van der Waals surface area contributed by atoms with Gasteiger partial charge in [-0.3, -0.25) is 4.79 Å². The van der Waals surface area contributed by atoms with Crippen LogP contribution in [0.1, 0.15) is 33.6 Å². The van der Waals surface area contributed by atoms with Gasteiger partial charge in [-0.2, -0.15) is 0 Å². The largest absolute Gasteiger partial charge is 0.481 e. The maximum absolute atomic E-state index is 10.8. The number of hydrogen-bond donors (Lipinski definition) is 2. The molecule has 0 saturated heterocycles. The van der Waals surface area contributed by atoms with Gasteiger partial charge < -0.3 is 10.2 Å². The van der Waals surface area contributed by atoms with E-state index in [0.717, 1.165) is 6.42 Å². The Balaban J connectivity index is 4.60. The number of aliphatic carboxylic acids is 1. The summed E-state index contributed by atoms with van der Waals surface area (Å²) >= 11 is 0. The van der Waals surface area contributed by atoms with Crippen LogP contribution in [0.2, 0.25) is 0 Å². The van der Waals surface area contributed by atoms with E-state index in [1.165, 1.54) is 13.0 Å². The van der Waals surface area contributed by atoms with Gasteiger partial charge in [0.25, 0.3) is 0 Å². The molecule has 0 heterocycles. The molecule has 0 saturated carbocycles. The molecule has 0 spiro atoms. The van der Waals surface area contributed by atoms with Crippen molar-refractivity contribution in [2.75, 3.05) is 0 Å². The van der Waals surface area contributed by atoms with Crippen molar-refractivity contribution in [1.29, 1.82) is 0 Å². The number of allylic oxidation sites excluding steroid dienone is 1. The first-order chi connectivity index (χ1) is 5.95. The van der Waals surface area contributed by atoms with E-state index in [2.05, 4.69) is 0 Å². The molecular weight excluding hydrogens is 168 g/mol. The minimum absolute atomic E-state index is 0.493. The van der Waals surface area contributed by atoms with Crippen molar-refractivity contribution in [1.82, 2.24) is 0 Å². The summed E-state index contributed by atoms with van der Waals surface area (Å²) in [5.74, 6) is -1.65. The van der Waals surface area contributed by atoms with Crippen molar-refractivity contribution in [3.05, 3.63) is 12.2 Å². The molecule has 2 unspecified atom stereocenters. The van der Waals surface area contributed by atoms with Crippen LogP contribution >= 0.6 is 0 Å². The summed E-state index contributed by atoms with van der Waals surface area (Å²) in [5.41, 5.74) is -1.24. The molecule has 0 aliphatic carbocycles. The third-order valence-electron chi connectivity index (χ3n) is 2.09. The van der Waals surface area contributed by atoms with Crippen LogP contribution in [0.25, 0.3) is 0 Å². The summed E-state index contributed by atoms with van der Waals surface area (Å²) in [6.07, 6.45) is 4.45. The molecule has 0 bridgehead atoms. The fourth-order valence-corrected chi connectivity index (χ4v) is 1.41. The second kappa shape index (κ2) is 5.02. The van der Waals surface area contributed by atoms with E-state index < -0.39 is 17.5 Å². The summed E-state index contributed by atoms with van der Waals surface area (Å²) in [4.78, 5) is 10.8. The average Bonchev–Trinajstić information content (AvgIpc) is 1.99. The summed E-state index contributed by atoms with van der Waals surface area (Å²) in [5, 5.41) is 18.7. The quantitative estimate of drug-likeness (QED) is 0.644. The number of rotatable bonds is 5. The van der Waals surface area contributed by atoms with Crippen molar-refractivity contribution in [2.24, 2.45) is 5.92 Å². The second-order valence-corrected chi connectivity index (χ2v) is 3.41. The van der Waals surface area contributed by atoms with Gasteiger partial charge in [0, 0.05) is 0 Å². The van der Waals surface area contributed by atoms with E-state index in [0.29, 0.717) is 6.42 Å². The molecule has 3 heteroatoms. The Kier molecular flexibility index (Phi) is 4.70. The molecule has 13 heavy (non-hydrogen) atoms. The van der Waals surface area contributed by atoms with Crippen molar-refractivity contribution < 1.29 is 15.0 Å². The molecule has 0 amide bonds. The summed E-state index contributed by atoms with van der Waals surface area (Å²) in [6.45, 7) is 5.20. The summed E-state index contributed by atoms with van der Waals surface area (Å²) < 4.78 is 0. The minimum Gasteiger partial charge on any atom is -0.481 e. The van der Waals surface area contributed by atoms with Crippen LogP contribution in [-0.4, -0.2) is 21.8 Å². The topological polar surface area (TPSA) is 57.5 Å². The number of carboxylic acid groups (broad SMARTS) is 1. The van der Waals surface area contributed by atoms with Crippen molar-refractivity contribution in [3.8, 4) is 0 Å². The Bertz CT molecular complexity index is 194. The Hall–Kier alpha value is -0.830. The van der Waals surface area contributed by atoms with E-state index in [4.69, 9.17) is 5.11 Å². The van der Waals surface area contributed by atoms with Crippen LogP contribution in [0.4, 0.5) is 0 Å². The molecule has 3 nitrogen and oxygen atoms in total. The van der Waals surface area contributed by atoms with E-state index in [1.54, 1.807) is 13.0 Å². The maximum atomic E-state index is 10.8. The Morgan fingerprint density at radius 3 is 2.46 bits per heavy atom. The molecule has 2 atom stereocenters. The first-order valence-electron chi connectivity index (χ1n) is 4.54. The Morgan fingerprint density at radius 1 is 1.62 bits per heavy atom. The van der Waals surface area contributed by atoms with Crippen LogP contribution in [0.3, 0.4) is 0 Å². The van der Waals surface area contributed by atoms with Crippen LogP contribution < -0.4 is 0 Å². The van der Waals surface area contributed by atoms with Crippen molar-refractivity contribution in [2.45, 2.75) is 39.2 Å². The summed E-state index contributed by atoms with van der Waals surface area (Å²) in [6, 6.07) is 0. The lowest BCUT2D eigenvalue weighted by Crippen LogP contribution is -2.37. The number of hydrogen-bond acceptors (Lipinski definition) is 2. The number of carboxylic acids is 1. The van der Waals surface area contributed by atoms with Crippen LogP contribution in [0.5, 0.6) is 0 Å². The minimum atomic E-state index is -1.24. The van der Waals surface area contributed by atoms with Gasteiger partial charge in [0.05, 0.1) is 11.5 Å². The van der Waals surface area contributed by atoms with Gasteiger partial charge in [-0.25, -0.2) is 0 Å². The molecular formula is C10H18O3. The number of carbonyl (C=O) groups is 1. The van der Waals surface area contributed by atoms with Crippen LogP contribution in [0, 0.1) is 5.92 Å². The zero-order valence-corrected chi connectivity index (χ0v) is 8.45. The molecule has 0 aromatic heterocycles. The highest BCUT2D eigenvalue weighted by atomic mass is 16.4. The van der Waals surface area contributed by atoms with Crippen molar-refractivity contribution in [3.63, 3.8) is 0 Å². The fraction of sp³-hybridized carbons (Fsp3) is 0.700. The van der Waals surface area contributed by atoms with Gasteiger partial charge in [-0.15, -0.1) is 0 Å². The highest BCUT2D eigenvalue weighted by Gasteiger charge is 2.34. The molecule has 0 fully saturated rings. The van der Waals surface area contributed by atoms with Crippen LogP contribution in [0.15, 0.2) is 12.2 Å². The lowest BCUT2D eigenvalue weighted by molar-refractivity contribution is -0.148. The molecule has 76 valence electrons. The third kappa shape index (κ3) is 3.59. The van der Waals surface area contributed by atoms with Gasteiger partial charge in [0.2, 0.25) is 0 Å². The normalized spacial score (nSPS) is 18.5. The highest BCUT2D eigenvalue weighted by Crippen LogP contribution is 2.23. The molecule has 0 radical (unpaired) electrons. The third-order valence-corrected chi connectivity index (χ3v) is 2.09. The maximum Gasteiger partial charge on any atom is 0.309 e. The predicted octanol–water partition coefficient (Wildman–Crippen LogP) is 1.81. The molecule has 0 rings (SSSR count). The van der Waals surface area contributed by atoms with E-state index in [1.807, 2.05) is 6.92 Å². The number of aliphatic hydroxyl groups is 1. The predicted molar refractivity (Wildman–Crippen MR) is 51.5 cm³/mol. The molecule has 0 aromatic rings. The SMILES string of the molecule is C/C=C/C(C)(O)C(CCC)C(=O)O. The first-order valence-corrected chi connectivity index (χ1v) is 4.54. The van der Waals surface area contributed by atoms with Gasteiger partial charge in [-0.05, 0) is 20.3 Å². The average molecular weight is 186 g/mol. The zero-order valence-electron chi connectivity index (χ0n) is 8.45. The molecule has 0 aliphatic heterocycles. The lowest BCUT2D eigenvalue weighted by atomic mass is 9.85. The Morgan fingerprint density at radius 2 is 2.15 bits per heavy atom. The monoisotopic (exact) mass is 186 g/mol. The lowest BCUT2D eigenvalue weighted by Gasteiger charge is -2.26. The highest BCUT2D eigenvalue weighted by molar-refractivity contribution is 5.71. The Labute approximate surface area is 79.1 Å². The summed E-state index contributed by atoms with van der Waals surface area (Å²) in [7, 11) is 0. The van der Waals surface area contributed by atoms with Gasteiger partial charge in [-0.1, -0.05) is 25.5 Å². The molecule has 0 aliphatic rings. The van der Waals surface area contributed by atoms with E-state index in [-0.39, 0.29) is 0 Å². The van der Waals surface area contributed by atoms with Crippen molar-refractivity contribution >= 4 is 5.97 Å². The second-order valence-electron chi connectivity index (χ2n) is 3.41. The first kappa shape index (κ1) is 12.2. The molecule has 2 N–H and O–H groups in total. The van der Waals surface area contributed by atoms with E-state index in [9.17, 15) is 9.90 Å². The van der Waals surface area contributed by atoms with Gasteiger partial charge in [0.1, 0.15) is 0 Å². The van der Waals surface area contributed by atoms with Crippen LogP contribution in [-0.2, 0) is 4.79 Å².